The molecule has 418 valence electrons. The Morgan fingerprint density at radius 3 is 2.35 bits per heavy atom. The number of rotatable bonds is 21. The summed E-state index contributed by atoms with van der Waals surface area (Å²) < 4.78 is 48.9. The number of likely N-dealkylation sites (tertiary alicyclic amines) is 1. The monoisotopic (exact) mass is 1130 g/mol. The SMILES string of the molecule is Cc1ccc(NC(=O)C2(c3ccc4c(c3)OC(F)(F)O4)CC2)nc1-c1cccc(C(=O)NCCNC(=O)COCCOCCN2C[C@H](C)N(Cc3c(C)cc(Cl)cc3-c3ccnc4cc(CN5C(=O)C6CC6C5=O)sc34)[C@@H](C)C2)c1. The van der Waals surface area contributed by atoms with Gasteiger partial charge < -0.3 is 34.9 Å². The van der Waals surface area contributed by atoms with E-state index in [0.717, 1.165) is 63.5 Å². The molecule has 2 saturated heterocycles. The van der Waals surface area contributed by atoms with Crippen LogP contribution in [-0.2, 0) is 47.2 Å². The van der Waals surface area contributed by atoms with Crippen molar-refractivity contribution in [3.8, 4) is 33.9 Å². The molecule has 0 spiro atoms. The van der Waals surface area contributed by atoms with Gasteiger partial charge in [-0.1, -0.05) is 35.9 Å². The lowest BCUT2D eigenvalue weighted by Gasteiger charge is -2.45. The third kappa shape index (κ3) is 11.6. The van der Waals surface area contributed by atoms with E-state index in [-0.39, 0.29) is 97.8 Å². The van der Waals surface area contributed by atoms with Crippen LogP contribution in [0.25, 0.3) is 32.6 Å². The number of nitrogens with zero attached hydrogens (tertiary/aromatic N) is 5. The summed E-state index contributed by atoms with van der Waals surface area (Å²) in [5, 5.41) is 9.14. The minimum absolute atomic E-state index is 0.0587. The van der Waals surface area contributed by atoms with Crippen molar-refractivity contribution < 1.29 is 51.7 Å². The average Bonchev–Trinajstić information content (AvgIpc) is 4.41. The summed E-state index contributed by atoms with van der Waals surface area (Å²) in [6.45, 7) is 13.3. The number of anilines is 1. The summed E-state index contributed by atoms with van der Waals surface area (Å²) in [6, 6.07) is 23.4. The number of nitrogens with one attached hydrogen (secondary N) is 3. The number of amides is 5. The molecule has 6 aromatic rings. The van der Waals surface area contributed by atoms with Crippen LogP contribution in [0.1, 0.15) is 70.6 Å². The number of aryl methyl sites for hydroxylation is 2. The molecule has 80 heavy (non-hydrogen) atoms. The highest BCUT2D eigenvalue weighted by Gasteiger charge is 2.59. The van der Waals surface area contributed by atoms with Crippen LogP contribution >= 0.6 is 22.9 Å². The summed E-state index contributed by atoms with van der Waals surface area (Å²) in [4.78, 5) is 81.5. The fourth-order valence-electron chi connectivity index (χ4n) is 11.3. The summed E-state index contributed by atoms with van der Waals surface area (Å²) in [5.74, 6) is -1.28. The molecular weight excluding hydrogens is 1070 g/mol. The lowest BCUT2D eigenvalue weighted by atomic mass is 9.94. The first kappa shape index (κ1) is 55.0. The van der Waals surface area contributed by atoms with Crippen LogP contribution in [0.4, 0.5) is 14.6 Å². The molecule has 2 unspecified atom stereocenters. The van der Waals surface area contributed by atoms with Gasteiger partial charge in [-0.25, -0.2) is 4.98 Å². The van der Waals surface area contributed by atoms with Gasteiger partial charge in [0.2, 0.25) is 23.6 Å². The number of fused-ring (bicyclic) bond motifs is 3. The Morgan fingerprint density at radius 1 is 0.825 bits per heavy atom. The molecule has 6 heterocycles. The van der Waals surface area contributed by atoms with Crippen LogP contribution in [-0.4, -0.2) is 132 Å². The molecule has 3 aromatic heterocycles. The molecule has 2 saturated carbocycles. The van der Waals surface area contributed by atoms with Crippen LogP contribution in [0.15, 0.2) is 85.1 Å². The third-order valence-corrected chi connectivity index (χ3v) is 17.1. The zero-order chi connectivity index (χ0) is 56.0. The number of ether oxygens (including phenoxy) is 4. The Labute approximate surface area is 470 Å². The number of carbonyl (C=O) groups excluding carboxylic acids is 5. The maximum Gasteiger partial charge on any atom is 0.586 e. The second-order valence-electron chi connectivity index (χ2n) is 21.5. The molecule has 11 rings (SSSR count). The molecular formula is C59H61ClF2N8O9S. The van der Waals surface area contributed by atoms with E-state index in [2.05, 4.69) is 61.0 Å². The van der Waals surface area contributed by atoms with E-state index < -0.39 is 11.7 Å². The topological polar surface area (TPSA) is 194 Å². The molecule has 3 aliphatic heterocycles. The number of carbonyl (C=O) groups is 5. The molecule has 0 radical (unpaired) electrons. The quantitative estimate of drug-likeness (QED) is 0.0461. The zero-order valence-corrected chi connectivity index (χ0v) is 46.3. The lowest BCUT2D eigenvalue weighted by Crippen LogP contribution is -2.56. The van der Waals surface area contributed by atoms with Crippen molar-refractivity contribution in [1.82, 2.24) is 35.3 Å². The van der Waals surface area contributed by atoms with E-state index in [0.29, 0.717) is 65.7 Å². The molecule has 3 aromatic carbocycles. The summed E-state index contributed by atoms with van der Waals surface area (Å²) >= 11 is 8.31. The first-order chi connectivity index (χ1) is 38.4. The number of imide groups is 1. The molecule has 3 N–H and O–H groups in total. The highest BCUT2D eigenvalue weighted by molar-refractivity contribution is 7.19. The van der Waals surface area contributed by atoms with Crippen LogP contribution < -0.4 is 25.4 Å². The molecule has 4 fully saturated rings. The number of aromatic nitrogens is 2. The lowest BCUT2D eigenvalue weighted by molar-refractivity contribution is -0.286. The van der Waals surface area contributed by atoms with E-state index >= 15 is 0 Å². The van der Waals surface area contributed by atoms with Gasteiger partial charge in [0.25, 0.3) is 5.91 Å². The van der Waals surface area contributed by atoms with Crippen molar-refractivity contribution in [2.24, 2.45) is 11.8 Å². The van der Waals surface area contributed by atoms with Gasteiger partial charge in [-0.2, -0.15) is 0 Å². The van der Waals surface area contributed by atoms with Crippen LogP contribution in [0.2, 0.25) is 5.02 Å². The fourth-order valence-corrected chi connectivity index (χ4v) is 12.7. The van der Waals surface area contributed by atoms with E-state index in [1.165, 1.54) is 22.6 Å². The maximum atomic E-state index is 13.7. The minimum Gasteiger partial charge on any atom is -0.395 e. The molecule has 4 atom stereocenters. The van der Waals surface area contributed by atoms with Gasteiger partial charge in [-0.05, 0) is 129 Å². The number of alkyl halides is 2. The first-order valence-electron chi connectivity index (χ1n) is 26.9. The number of hydrogen-bond acceptors (Lipinski definition) is 14. The van der Waals surface area contributed by atoms with Crippen molar-refractivity contribution in [3.63, 3.8) is 0 Å². The zero-order valence-electron chi connectivity index (χ0n) is 44.7. The van der Waals surface area contributed by atoms with Gasteiger partial charge in [0, 0.05) is 84.1 Å². The smallest absolute Gasteiger partial charge is 0.395 e. The van der Waals surface area contributed by atoms with Gasteiger partial charge in [-0.3, -0.25) is 43.7 Å². The predicted molar refractivity (Wildman–Crippen MR) is 296 cm³/mol. The van der Waals surface area contributed by atoms with Gasteiger partial charge >= 0.3 is 6.29 Å². The summed E-state index contributed by atoms with van der Waals surface area (Å²) in [6.07, 6.45) is -0.224. The summed E-state index contributed by atoms with van der Waals surface area (Å²) in [7, 11) is 0. The van der Waals surface area contributed by atoms with Crippen molar-refractivity contribution in [1.29, 1.82) is 0 Å². The number of piperazine rings is 1. The van der Waals surface area contributed by atoms with Gasteiger partial charge in [0.1, 0.15) is 12.4 Å². The van der Waals surface area contributed by atoms with Crippen LogP contribution in [0.5, 0.6) is 11.5 Å². The van der Waals surface area contributed by atoms with Crippen molar-refractivity contribution in [3.05, 3.63) is 123 Å². The van der Waals surface area contributed by atoms with E-state index in [1.54, 1.807) is 41.7 Å². The normalized spacial score (nSPS) is 20.7. The molecule has 0 bridgehead atoms. The Bertz CT molecular complexity index is 3400. The molecule has 17 nitrogen and oxygen atoms in total. The van der Waals surface area contributed by atoms with Crippen LogP contribution in [0, 0.1) is 25.7 Å². The molecule has 2 aliphatic carbocycles. The third-order valence-electron chi connectivity index (χ3n) is 15.7. The predicted octanol–water partition coefficient (Wildman–Crippen LogP) is 8.27. The van der Waals surface area contributed by atoms with Crippen LogP contribution in [0.3, 0.4) is 0 Å². The number of pyridine rings is 2. The van der Waals surface area contributed by atoms with E-state index in [9.17, 15) is 32.8 Å². The second-order valence-corrected chi connectivity index (χ2v) is 23.0. The Morgan fingerprint density at radius 2 is 1.57 bits per heavy atom. The van der Waals surface area contributed by atoms with E-state index in [1.807, 2.05) is 49.5 Å². The average molecular weight is 1130 g/mol. The Kier molecular flexibility index (Phi) is 15.5. The number of piperidine rings is 1. The Balaban J connectivity index is 0.585. The van der Waals surface area contributed by atoms with Crippen molar-refractivity contribution >= 4 is 68.5 Å². The Hall–Kier alpha value is -6.94. The van der Waals surface area contributed by atoms with Crippen molar-refractivity contribution in [2.75, 3.05) is 64.5 Å². The molecule has 21 heteroatoms. The van der Waals surface area contributed by atoms with Crippen molar-refractivity contribution in [2.45, 2.75) is 83.8 Å². The fraction of sp³-hybridized carbons (Fsp3) is 0.407. The van der Waals surface area contributed by atoms with Gasteiger partial charge in [0.15, 0.2) is 11.5 Å². The molecule has 5 amide bonds. The molecule has 5 aliphatic rings. The maximum absolute atomic E-state index is 13.7. The van der Waals surface area contributed by atoms with Gasteiger partial charge in [-0.15, -0.1) is 20.1 Å². The standard InChI is InChI=1S/C59H61ClF2N8O9S/c1-33-8-11-50(67-57(75)58(13-14-58)39-9-10-48-49(24-39)79-59(61,62)78-48)66-52(33)37-6-5-7-38(23-37)54(72)65-17-16-64-51(71)32-77-21-20-76-19-18-68-28-35(3)69(36(4)29-68)31-46-34(2)22-40(60)25-43(46)42-12-15-63-47-26-41(80-53(42)47)30-70-55(73)44-27-45(44)56(70)74/h5-12,15,22-26,35-36,44-45H,13-14,16-21,27-32H2,1-4H3,(H,64,71)(H,65,72)(H,66,67,75)/t35-,36-,44?,45?/m0/s1. The highest BCUT2D eigenvalue weighted by Crippen LogP contribution is 2.53. The highest BCUT2D eigenvalue weighted by atomic mass is 35.5. The number of hydrogen-bond donors (Lipinski definition) is 3. The number of halogens is 3. The second kappa shape index (κ2) is 22.5. The first-order valence-corrected chi connectivity index (χ1v) is 28.1. The largest absolute Gasteiger partial charge is 0.586 e. The van der Waals surface area contributed by atoms with E-state index in [4.69, 9.17) is 26.1 Å². The minimum atomic E-state index is -3.76. The number of benzene rings is 3. The number of thiophene rings is 1. The summed E-state index contributed by atoms with van der Waals surface area (Å²) in [5.41, 5.74) is 7.25. The van der Waals surface area contributed by atoms with Gasteiger partial charge in [0.05, 0.1) is 59.5 Å².